The Morgan fingerprint density at radius 3 is 1.45 bits per heavy atom. The van der Waals surface area contributed by atoms with Crippen LogP contribution in [0, 0.1) is 0 Å². The lowest BCUT2D eigenvalue weighted by Crippen LogP contribution is -1.98. The van der Waals surface area contributed by atoms with Crippen molar-refractivity contribution in [3.8, 4) is 0 Å². The molecule has 1 aromatic rings. The molecular formula is C20H36N2. The van der Waals surface area contributed by atoms with Gasteiger partial charge in [0, 0.05) is 12.4 Å². The molecule has 0 N–H and O–H groups in total. The molecule has 0 saturated carbocycles. The van der Waals surface area contributed by atoms with Crippen molar-refractivity contribution < 1.29 is 0 Å². The van der Waals surface area contributed by atoms with E-state index in [0.717, 1.165) is 12.8 Å². The first-order valence-corrected chi connectivity index (χ1v) is 9.66. The first-order chi connectivity index (χ1) is 10.9. The van der Waals surface area contributed by atoms with Gasteiger partial charge in [-0.2, -0.15) is 0 Å². The molecule has 0 unspecified atom stereocenters. The molecule has 1 rings (SSSR count). The van der Waals surface area contributed by atoms with Crippen LogP contribution in [0.25, 0.3) is 0 Å². The molecule has 2 nitrogen and oxygen atoms in total. The molecule has 0 bridgehead atoms. The maximum absolute atomic E-state index is 4.78. The van der Waals surface area contributed by atoms with E-state index in [2.05, 4.69) is 18.8 Å². The maximum Gasteiger partial charge on any atom is 0.0590 e. The Hall–Kier alpha value is -0.920. The highest BCUT2D eigenvalue weighted by atomic mass is 14.8. The van der Waals surface area contributed by atoms with Gasteiger partial charge in [-0.05, 0) is 25.7 Å². The zero-order valence-corrected chi connectivity index (χ0v) is 14.9. The molecule has 0 aliphatic heterocycles. The first kappa shape index (κ1) is 19.1. The van der Waals surface area contributed by atoms with Crippen LogP contribution in [0.3, 0.4) is 0 Å². The fraction of sp³-hybridized carbons (Fsp3) is 0.800. The summed E-state index contributed by atoms with van der Waals surface area (Å²) in [4.78, 5) is 9.15. The van der Waals surface area contributed by atoms with Crippen molar-refractivity contribution in [2.45, 2.75) is 104 Å². The van der Waals surface area contributed by atoms with Gasteiger partial charge >= 0.3 is 0 Å². The minimum Gasteiger partial charge on any atom is -0.261 e. The summed E-state index contributed by atoms with van der Waals surface area (Å²) in [5, 5.41) is 0. The predicted octanol–water partition coefficient (Wildman–Crippen LogP) is 6.28. The minimum atomic E-state index is 1.10. The normalized spacial score (nSPS) is 11.0. The summed E-state index contributed by atoms with van der Waals surface area (Å²) in [6.45, 7) is 4.54. The summed E-state index contributed by atoms with van der Waals surface area (Å²) in [6.07, 6.45) is 22.3. The molecule has 2 heteroatoms. The Kier molecular flexibility index (Phi) is 11.9. The molecule has 0 aliphatic rings. The van der Waals surface area contributed by atoms with Crippen LogP contribution >= 0.6 is 0 Å². The van der Waals surface area contributed by atoms with E-state index in [1.54, 1.807) is 0 Å². The number of nitrogens with zero attached hydrogens (tertiary/aromatic N) is 2. The average Bonchev–Trinajstić information content (AvgIpc) is 2.54. The van der Waals surface area contributed by atoms with Gasteiger partial charge in [-0.3, -0.25) is 9.97 Å². The molecule has 0 spiro atoms. The summed E-state index contributed by atoms with van der Waals surface area (Å²) in [7, 11) is 0. The monoisotopic (exact) mass is 304 g/mol. The van der Waals surface area contributed by atoms with Crippen molar-refractivity contribution >= 4 is 0 Å². The lowest BCUT2D eigenvalue weighted by Gasteiger charge is -2.05. The van der Waals surface area contributed by atoms with Gasteiger partial charge in [0.15, 0.2) is 0 Å². The van der Waals surface area contributed by atoms with E-state index in [9.17, 15) is 0 Å². The van der Waals surface area contributed by atoms with E-state index < -0.39 is 0 Å². The van der Waals surface area contributed by atoms with Crippen LogP contribution in [-0.2, 0) is 12.8 Å². The SMILES string of the molecule is CCCCCCCCCc1cncc(CCCCCCC)n1. The molecule has 0 radical (unpaired) electrons. The molecule has 1 heterocycles. The van der Waals surface area contributed by atoms with E-state index in [1.807, 2.05) is 12.4 Å². The summed E-state index contributed by atoms with van der Waals surface area (Å²) in [5.41, 5.74) is 2.39. The predicted molar refractivity (Wildman–Crippen MR) is 96.2 cm³/mol. The molecule has 0 aromatic carbocycles. The largest absolute Gasteiger partial charge is 0.261 e. The van der Waals surface area contributed by atoms with Crippen molar-refractivity contribution in [2.24, 2.45) is 0 Å². The third-order valence-electron chi connectivity index (χ3n) is 4.31. The maximum atomic E-state index is 4.78. The summed E-state index contributed by atoms with van der Waals surface area (Å²) in [5.74, 6) is 0. The number of aromatic nitrogens is 2. The summed E-state index contributed by atoms with van der Waals surface area (Å²) in [6, 6.07) is 0. The zero-order valence-electron chi connectivity index (χ0n) is 14.9. The van der Waals surface area contributed by atoms with Crippen LogP contribution in [0.2, 0.25) is 0 Å². The van der Waals surface area contributed by atoms with Gasteiger partial charge in [-0.15, -0.1) is 0 Å². The summed E-state index contributed by atoms with van der Waals surface area (Å²) < 4.78 is 0. The lowest BCUT2D eigenvalue weighted by molar-refractivity contribution is 0.585. The Labute approximate surface area is 138 Å². The van der Waals surface area contributed by atoms with Crippen LogP contribution in [0.15, 0.2) is 12.4 Å². The number of aryl methyl sites for hydroxylation is 2. The minimum absolute atomic E-state index is 1.10. The van der Waals surface area contributed by atoms with Crippen molar-refractivity contribution in [1.29, 1.82) is 0 Å². The number of hydrogen-bond donors (Lipinski definition) is 0. The van der Waals surface area contributed by atoms with Crippen molar-refractivity contribution in [3.05, 3.63) is 23.8 Å². The standard InChI is InChI=1S/C20H36N2/c1-3-5-7-9-10-12-14-16-20-18-21-17-19(22-20)15-13-11-8-6-4-2/h17-18H,3-16H2,1-2H3. The first-order valence-electron chi connectivity index (χ1n) is 9.66. The third-order valence-corrected chi connectivity index (χ3v) is 4.31. The molecule has 0 atom stereocenters. The van der Waals surface area contributed by atoms with Gasteiger partial charge in [0.2, 0.25) is 0 Å². The van der Waals surface area contributed by atoms with Crippen molar-refractivity contribution in [2.75, 3.05) is 0 Å². The number of rotatable bonds is 14. The third kappa shape index (κ3) is 9.92. The molecule has 0 aliphatic carbocycles. The van der Waals surface area contributed by atoms with E-state index in [4.69, 9.17) is 4.98 Å². The molecule has 22 heavy (non-hydrogen) atoms. The summed E-state index contributed by atoms with van der Waals surface area (Å²) >= 11 is 0. The van der Waals surface area contributed by atoms with Crippen LogP contribution in [-0.4, -0.2) is 9.97 Å². The van der Waals surface area contributed by atoms with E-state index in [1.165, 1.54) is 88.4 Å². The molecule has 0 saturated heterocycles. The molecule has 126 valence electrons. The van der Waals surface area contributed by atoms with Crippen LogP contribution in [0.1, 0.15) is 102 Å². The lowest BCUT2D eigenvalue weighted by atomic mass is 10.1. The molecule has 1 aromatic heterocycles. The highest BCUT2D eigenvalue weighted by molar-refractivity contribution is 5.03. The van der Waals surface area contributed by atoms with Crippen molar-refractivity contribution in [3.63, 3.8) is 0 Å². The second-order valence-electron chi connectivity index (χ2n) is 6.54. The average molecular weight is 305 g/mol. The van der Waals surface area contributed by atoms with Gasteiger partial charge in [-0.1, -0.05) is 78.1 Å². The molecular weight excluding hydrogens is 268 g/mol. The Morgan fingerprint density at radius 2 is 1.00 bits per heavy atom. The van der Waals surface area contributed by atoms with E-state index in [-0.39, 0.29) is 0 Å². The van der Waals surface area contributed by atoms with E-state index in [0.29, 0.717) is 0 Å². The van der Waals surface area contributed by atoms with Crippen LogP contribution in [0.4, 0.5) is 0 Å². The second kappa shape index (κ2) is 13.7. The Morgan fingerprint density at radius 1 is 0.591 bits per heavy atom. The fourth-order valence-corrected chi connectivity index (χ4v) is 2.87. The van der Waals surface area contributed by atoms with E-state index >= 15 is 0 Å². The number of hydrogen-bond acceptors (Lipinski definition) is 2. The smallest absolute Gasteiger partial charge is 0.0590 e. The fourth-order valence-electron chi connectivity index (χ4n) is 2.87. The zero-order chi connectivity index (χ0) is 15.9. The van der Waals surface area contributed by atoms with Gasteiger partial charge < -0.3 is 0 Å². The topological polar surface area (TPSA) is 25.8 Å². The van der Waals surface area contributed by atoms with Gasteiger partial charge in [-0.25, -0.2) is 0 Å². The van der Waals surface area contributed by atoms with Crippen molar-refractivity contribution in [1.82, 2.24) is 9.97 Å². The van der Waals surface area contributed by atoms with Crippen LogP contribution < -0.4 is 0 Å². The van der Waals surface area contributed by atoms with Gasteiger partial charge in [0.25, 0.3) is 0 Å². The number of unbranched alkanes of at least 4 members (excludes halogenated alkanes) is 10. The quantitative estimate of drug-likeness (QED) is 0.378. The van der Waals surface area contributed by atoms with Gasteiger partial charge in [0.1, 0.15) is 0 Å². The molecule has 0 fully saturated rings. The molecule has 0 amide bonds. The second-order valence-corrected chi connectivity index (χ2v) is 6.54. The highest BCUT2D eigenvalue weighted by Crippen LogP contribution is 2.11. The van der Waals surface area contributed by atoms with Crippen LogP contribution in [0.5, 0.6) is 0 Å². The Bertz CT molecular complexity index is 362. The Balaban J connectivity index is 2.12. The van der Waals surface area contributed by atoms with Gasteiger partial charge in [0.05, 0.1) is 11.4 Å². The highest BCUT2D eigenvalue weighted by Gasteiger charge is 2.00.